The zero-order valence-electron chi connectivity index (χ0n) is 20.6. The van der Waals surface area contributed by atoms with Crippen molar-refractivity contribution in [3.05, 3.63) is 35.9 Å². The van der Waals surface area contributed by atoms with Gasteiger partial charge in [0, 0.05) is 5.39 Å². The third kappa shape index (κ3) is 4.59. The molecule has 4 unspecified atom stereocenters. The molecule has 2 saturated carbocycles. The highest BCUT2D eigenvalue weighted by Crippen LogP contribution is 2.48. The summed E-state index contributed by atoms with van der Waals surface area (Å²) >= 11 is 0. The zero-order valence-corrected chi connectivity index (χ0v) is 20.6. The predicted molar refractivity (Wildman–Crippen MR) is 138 cm³/mol. The number of carbonyl (C=O) groups excluding carboxylic acids is 2. The normalized spacial score (nSPS) is 28.6. The van der Waals surface area contributed by atoms with E-state index < -0.39 is 11.8 Å². The number of esters is 1. The van der Waals surface area contributed by atoms with Crippen molar-refractivity contribution in [2.45, 2.75) is 51.1 Å². The van der Waals surface area contributed by atoms with Gasteiger partial charge in [0.15, 0.2) is 5.96 Å². The Kier molecular flexibility index (Phi) is 6.51. The van der Waals surface area contributed by atoms with Crippen LogP contribution in [0.2, 0.25) is 0 Å². The first-order chi connectivity index (χ1) is 17.3. The van der Waals surface area contributed by atoms with Crippen LogP contribution in [0.25, 0.3) is 10.9 Å². The Balaban J connectivity index is 1.45. The molecule has 1 aromatic carbocycles. The molecule has 2 aromatic rings. The van der Waals surface area contributed by atoms with E-state index >= 15 is 0 Å². The number of nitrogens with one attached hydrogen (secondary N) is 2. The first-order valence-corrected chi connectivity index (χ1v) is 12.5. The van der Waals surface area contributed by atoms with Crippen molar-refractivity contribution in [1.82, 2.24) is 9.97 Å². The summed E-state index contributed by atoms with van der Waals surface area (Å²) in [6.07, 6.45) is 8.72. The highest BCUT2D eigenvalue weighted by molar-refractivity contribution is 5.97. The van der Waals surface area contributed by atoms with Gasteiger partial charge in [-0.05, 0) is 50.2 Å². The van der Waals surface area contributed by atoms with Gasteiger partial charge >= 0.3 is 5.97 Å². The molecule has 6 atom stereocenters. The third-order valence-corrected chi connectivity index (χ3v) is 7.69. The number of aromatic nitrogens is 2. The van der Waals surface area contributed by atoms with E-state index in [0.717, 1.165) is 43.1 Å². The maximum atomic E-state index is 13.4. The second-order valence-corrected chi connectivity index (χ2v) is 10.1. The highest BCUT2D eigenvalue weighted by Gasteiger charge is 2.52. The lowest BCUT2D eigenvalue weighted by molar-refractivity contribution is -0.150. The van der Waals surface area contributed by atoms with E-state index in [1.807, 2.05) is 37.3 Å². The number of fused-ring (bicyclic) bond motifs is 3. The molecule has 5 rings (SSSR count). The quantitative estimate of drug-likeness (QED) is 0.208. The van der Waals surface area contributed by atoms with Crippen molar-refractivity contribution in [2.75, 3.05) is 17.7 Å². The first-order valence-electron chi connectivity index (χ1n) is 12.5. The molecule has 0 aliphatic heterocycles. The van der Waals surface area contributed by atoms with E-state index in [9.17, 15) is 9.59 Å². The fraction of sp³-hybridized carbons (Fsp3) is 0.500. The molecule has 0 radical (unpaired) electrons. The average molecular weight is 492 g/mol. The van der Waals surface area contributed by atoms with E-state index in [4.69, 9.17) is 21.2 Å². The fourth-order valence-electron chi connectivity index (χ4n) is 6.04. The fourth-order valence-corrected chi connectivity index (χ4v) is 6.04. The number of aliphatic imine (C=N–C) groups is 1. The van der Waals surface area contributed by atoms with Gasteiger partial charge in [0.05, 0.1) is 36.5 Å². The van der Waals surface area contributed by atoms with E-state index in [0.29, 0.717) is 11.3 Å². The number of nitrogens with two attached hydrogens (primary N) is 2. The van der Waals surface area contributed by atoms with Crippen molar-refractivity contribution < 1.29 is 14.3 Å². The second kappa shape index (κ2) is 9.75. The van der Waals surface area contributed by atoms with E-state index in [2.05, 4.69) is 20.6 Å². The monoisotopic (exact) mass is 491 g/mol. The molecule has 190 valence electrons. The number of carbonyl (C=O) groups is 2. The molecule has 1 heterocycles. The summed E-state index contributed by atoms with van der Waals surface area (Å²) in [4.78, 5) is 39.6. The number of guanidine groups is 1. The minimum Gasteiger partial charge on any atom is -0.469 e. The lowest BCUT2D eigenvalue weighted by Gasteiger charge is -2.30. The molecular weight excluding hydrogens is 458 g/mol. The predicted octanol–water partition coefficient (Wildman–Crippen LogP) is 2.48. The molecule has 2 fully saturated rings. The molecule has 3 aliphatic carbocycles. The number of aryl methyl sites for hydroxylation is 1. The molecule has 3 aliphatic rings. The minimum absolute atomic E-state index is 0.00220. The maximum absolute atomic E-state index is 13.4. The lowest BCUT2D eigenvalue weighted by atomic mass is 9.82. The van der Waals surface area contributed by atoms with Gasteiger partial charge in [-0.25, -0.2) is 9.98 Å². The minimum atomic E-state index is -0.509. The van der Waals surface area contributed by atoms with Crippen molar-refractivity contribution in [1.29, 1.82) is 0 Å². The van der Waals surface area contributed by atoms with Gasteiger partial charge in [0.1, 0.15) is 5.82 Å². The molecule has 10 nitrogen and oxygen atoms in total. The number of anilines is 2. The van der Waals surface area contributed by atoms with Crippen LogP contribution in [-0.4, -0.2) is 47.0 Å². The molecule has 0 saturated heterocycles. The highest BCUT2D eigenvalue weighted by atomic mass is 16.5. The smallest absolute Gasteiger partial charge is 0.310 e. The van der Waals surface area contributed by atoms with Crippen LogP contribution in [0.15, 0.2) is 35.3 Å². The Hall–Kier alpha value is -3.69. The number of hydrogen-bond donors (Lipinski definition) is 4. The number of methoxy groups -OCH3 is 1. The Morgan fingerprint density at radius 1 is 1.08 bits per heavy atom. The number of amides is 1. The van der Waals surface area contributed by atoms with Crippen LogP contribution in [0.5, 0.6) is 0 Å². The van der Waals surface area contributed by atoms with E-state index in [-0.39, 0.29) is 47.7 Å². The van der Waals surface area contributed by atoms with Gasteiger partial charge in [-0.2, -0.15) is 4.98 Å². The van der Waals surface area contributed by atoms with Crippen LogP contribution in [0.4, 0.5) is 11.8 Å². The standard InChI is InChI=1S/C26H33N7O3/c1-13-7-10-17-16(11-13)22(29-18-5-3-4-6-19(18)30-25(27)28)32-26(31-17)33-23(34)20-14-8-9-15(12-14)21(20)24(35)36-2/h7-11,14-15,18-21H,3-6,12H2,1-2H3,(H4,27,28,30)(H2,29,31,32,33,34)/t14-,15+,18?,19?,20?,21?/m1/s1. The van der Waals surface area contributed by atoms with Gasteiger partial charge in [-0.1, -0.05) is 36.6 Å². The summed E-state index contributed by atoms with van der Waals surface area (Å²) in [5.41, 5.74) is 13.2. The number of benzene rings is 1. The molecule has 2 bridgehead atoms. The summed E-state index contributed by atoms with van der Waals surface area (Å²) in [7, 11) is 1.36. The second-order valence-electron chi connectivity index (χ2n) is 10.1. The van der Waals surface area contributed by atoms with Crippen LogP contribution in [0.3, 0.4) is 0 Å². The molecule has 10 heteroatoms. The van der Waals surface area contributed by atoms with Crippen molar-refractivity contribution in [3.8, 4) is 0 Å². The summed E-state index contributed by atoms with van der Waals surface area (Å²) < 4.78 is 5.00. The summed E-state index contributed by atoms with van der Waals surface area (Å²) in [5.74, 6) is -0.702. The summed E-state index contributed by atoms with van der Waals surface area (Å²) in [5, 5.41) is 7.30. The molecule has 1 amide bonds. The number of hydrogen-bond acceptors (Lipinski definition) is 7. The summed E-state index contributed by atoms with van der Waals surface area (Å²) in [6, 6.07) is 5.86. The molecule has 0 spiro atoms. The average Bonchev–Trinajstić information content (AvgIpc) is 3.47. The van der Waals surface area contributed by atoms with Crippen molar-refractivity contribution >= 4 is 40.5 Å². The number of rotatable bonds is 6. The topological polar surface area (TPSA) is 158 Å². The number of ether oxygens (including phenoxy) is 1. The van der Waals surface area contributed by atoms with Gasteiger partial charge in [0.25, 0.3) is 0 Å². The van der Waals surface area contributed by atoms with Crippen LogP contribution >= 0.6 is 0 Å². The van der Waals surface area contributed by atoms with Crippen molar-refractivity contribution in [2.24, 2.45) is 40.1 Å². The Labute approximate surface area is 210 Å². The number of allylic oxidation sites excluding steroid dienone is 2. The first kappa shape index (κ1) is 24.0. The Bertz CT molecular complexity index is 1240. The Morgan fingerprint density at radius 3 is 2.58 bits per heavy atom. The van der Waals surface area contributed by atoms with Crippen LogP contribution in [0.1, 0.15) is 37.7 Å². The van der Waals surface area contributed by atoms with Crippen LogP contribution < -0.4 is 22.1 Å². The zero-order chi connectivity index (χ0) is 25.4. The van der Waals surface area contributed by atoms with Crippen LogP contribution in [-0.2, 0) is 14.3 Å². The third-order valence-electron chi connectivity index (χ3n) is 7.69. The lowest BCUT2D eigenvalue weighted by Crippen LogP contribution is -2.39. The van der Waals surface area contributed by atoms with Gasteiger partial charge < -0.3 is 21.5 Å². The van der Waals surface area contributed by atoms with Gasteiger partial charge in [-0.3, -0.25) is 14.9 Å². The van der Waals surface area contributed by atoms with E-state index in [1.54, 1.807) is 0 Å². The molecule has 1 aromatic heterocycles. The molecule has 6 N–H and O–H groups in total. The largest absolute Gasteiger partial charge is 0.469 e. The Morgan fingerprint density at radius 2 is 1.83 bits per heavy atom. The summed E-state index contributed by atoms with van der Waals surface area (Å²) in [6.45, 7) is 2.01. The van der Waals surface area contributed by atoms with Crippen LogP contribution in [0, 0.1) is 30.6 Å². The maximum Gasteiger partial charge on any atom is 0.310 e. The molecule has 36 heavy (non-hydrogen) atoms. The number of nitrogens with zero attached hydrogens (tertiary/aromatic N) is 3. The van der Waals surface area contributed by atoms with Gasteiger partial charge in [0.2, 0.25) is 11.9 Å². The van der Waals surface area contributed by atoms with Gasteiger partial charge in [-0.15, -0.1) is 0 Å². The van der Waals surface area contributed by atoms with Crippen molar-refractivity contribution in [3.63, 3.8) is 0 Å². The van der Waals surface area contributed by atoms with E-state index in [1.165, 1.54) is 7.11 Å². The SMILES string of the molecule is COC(=O)C1C(C(=O)Nc2nc(NC3CCCCC3N=C(N)N)c3cc(C)ccc3n2)[C@@H]2C=C[C@H]1C2. The molecular formula is C26H33N7O3.